The number of rotatable bonds is 3. The van der Waals surface area contributed by atoms with Crippen molar-refractivity contribution < 1.29 is 4.39 Å². The molecule has 0 unspecified atom stereocenters. The zero-order valence-corrected chi connectivity index (χ0v) is 16.0. The summed E-state index contributed by atoms with van der Waals surface area (Å²) in [6.45, 7) is 0. The number of hydrogen-bond donors (Lipinski definition) is 2. The Morgan fingerprint density at radius 3 is 2.55 bits per heavy atom. The fraction of sp³-hybridized carbons (Fsp3) is 0. The van der Waals surface area contributed by atoms with E-state index < -0.39 is 0 Å². The summed E-state index contributed by atoms with van der Waals surface area (Å²) in [5, 5.41) is 9.21. The monoisotopic (exact) mass is 407 g/mol. The molecule has 0 saturated heterocycles. The molecule has 0 aliphatic carbocycles. The van der Waals surface area contributed by atoms with E-state index in [0.717, 1.165) is 44.4 Å². The Morgan fingerprint density at radius 1 is 0.774 bits per heavy atom. The Balaban J connectivity index is 1.52. The smallest absolute Gasteiger partial charge is 0.155 e. The minimum absolute atomic E-state index is 0.278. The molecular formula is C23H14FN7. The Hall–Kier alpha value is -4.46. The first-order valence-electron chi connectivity index (χ1n) is 9.60. The molecule has 5 aromatic heterocycles. The number of hydrogen-bond acceptors (Lipinski definition) is 5. The standard InChI is InChI=1S/C23H14FN7/c24-16-3-1-2-13(6-16)17-4-5-27-22-18(17)8-20(29-22)21-19-7-14(11-28-23(19)31-30-21)15-9-25-12-26-10-15/h1-12H,(H,27,29)(H,28,30,31). The second-order valence-corrected chi connectivity index (χ2v) is 7.13. The van der Waals surface area contributed by atoms with Gasteiger partial charge in [0.25, 0.3) is 0 Å². The summed E-state index contributed by atoms with van der Waals surface area (Å²) in [6, 6.07) is 12.4. The lowest BCUT2D eigenvalue weighted by molar-refractivity contribution is 0.628. The van der Waals surface area contributed by atoms with E-state index >= 15 is 0 Å². The Labute approximate surface area is 175 Å². The molecule has 7 nitrogen and oxygen atoms in total. The van der Waals surface area contributed by atoms with Gasteiger partial charge in [-0.15, -0.1) is 0 Å². The molecule has 0 saturated carbocycles. The maximum Gasteiger partial charge on any atom is 0.155 e. The van der Waals surface area contributed by atoms with Crippen molar-refractivity contribution in [1.82, 2.24) is 35.1 Å². The van der Waals surface area contributed by atoms with Gasteiger partial charge in [0, 0.05) is 46.7 Å². The number of H-pyrrole nitrogens is 2. The summed E-state index contributed by atoms with van der Waals surface area (Å²) in [4.78, 5) is 20.4. The van der Waals surface area contributed by atoms with Crippen LogP contribution in [0.5, 0.6) is 0 Å². The quantitative estimate of drug-likeness (QED) is 0.441. The molecule has 0 amide bonds. The topological polar surface area (TPSA) is 96.0 Å². The molecule has 2 N–H and O–H groups in total. The Kier molecular flexibility index (Phi) is 3.82. The molecule has 0 spiro atoms. The molecule has 0 bridgehead atoms. The molecule has 8 heteroatoms. The maximum absolute atomic E-state index is 13.8. The number of aromatic nitrogens is 7. The van der Waals surface area contributed by atoms with Crippen LogP contribution in [0.25, 0.3) is 55.7 Å². The summed E-state index contributed by atoms with van der Waals surface area (Å²) >= 11 is 0. The van der Waals surface area contributed by atoms with Crippen molar-refractivity contribution in [3.05, 3.63) is 79.4 Å². The second-order valence-electron chi connectivity index (χ2n) is 7.13. The van der Waals surface area contributed by atoms with Crippen LogP contribution in [-0.2, 0) is 0 Å². The zero-order valence-electron chi connectivity index (χ0n) is 16.0. The molecule has 0 radical (unpaired) electrons. The van der Waals surface area contributed by atoms with Crippen molar-refractivity contribution in [3.63, 3.8) is 0 Å². The van der Waals surface area contributed by atoms with Gasteiger partial charge in [-0.1, -0.05) is 12.1 Å². The molecule has 5 heterocycles. The van der Waals surface area contributed by atoms with Crippen LogP contribution in [0.2, 0.25) is 0 Å². The third-order valence-corrected chi connectivity index (χ3v) is 5.23. The number of benzene rings is 1. The minimum atomic E-state index is -0.278. The van der Waals surface area contributed by atoms with Crippen LogP contribution in [0.3, 0.4) is 0 Å². The SMILES string of the molecule is Fc1cccc(-c2ccnc3[nH]c(-c4n[nH]c5ncc(-c6cncnc6)cc45)cc23)c1. The molecule has 31 heavy (non-hydrogen) atoms. The zero-order chi connectivity index (χ0) is 20.8. The number of nitrogens with one attached hydrogen (secondary N) is 2. The highest BCUT2D eigenvalue weighted by molar-refractivity contribution is 5.99. The first-order valence-corrected chi connectivity index (χ1v) is 9.60. The van der Waals surface area contributed by atoms with Gasteiger partial charge in [0.15, 0.2) is 5.65 Å². The van der Waals surface area contributed by atoms with Crippen molar-refractivity contribution in [2.24, 2.45) is 0 Å². The molecule has 148 valence electrons. The van der Waals surface area contributed by atoms with E-state index in [4.69, 9.17) is 0 Å². The fourth-order valence-electron chi connectivity index (χ4n) is 3.78. The minimum Gasteiger partial charge on any atom is -0.338 e. The van der Waals surface area contributed by atoms with Crippen molar-refractivity contribution >= 4 is 22.1 Å². The summed E-state index contributed by atoms with van der Waals surface area (Å²) in [5.41, 5.74) is 6.34. The molecule has 0 aliphatic rings. The van der Waals surface area contributed by atoms with E-state index in [1.807, 2.05) is 24.3 Å². The van der Waals surface area contributed by atoms with Crippen LogP contribution >= 0.6 is 0 Å². The lowest BCUT2D eigenvalue weighted by Gasteiger charge is -2.02. The lowest BCUT2D eigenvalue weighted by Crippen LogP contribution is -1.85. The van der Waals surface area contributed by atoms with E-state index in [-0.39, 0.29) is 5.82 Å². The van der Waals surface area contributed by atoms with E-state index in [1.54, 1.807) is 30.9 Å². The number of fused-ring (bicyclic) bond motifs is 2. The number of aromatic amines is 2. The Morgan fingerprint density at radius 2 is 1.68 bits per heavy atom. The molecule has 0 fully saturated rings. The van der Waals surface area contributed by atoms with Gasteiger partial charge in [0.1, 0.15) is 23.5 Å². The molecule has 6 aromatic rings. The summed E-state index contributed by atoms with van der Waals surface area (Å²) < 4.78 is 13.8. The van der Waals surface area contributed by atoms with Gasteiger partial charge in [-0.2, -0.15) is 5.10 Å². The van der Waals surface area contributed by atoms with Crippen molar-refractivity contribution in [1.29, 1.82) is 0 Å². The van der Waals surface area contributed by atoms with Crippen molar-refractivity contribution in [2.75, 3.05) is 0 Å². The van der Waals surface area contributed by atoms with Gasteiger partial charge in [-0.3, -0.25) is 5.10 Å². The largest absolute Gasteiger partial charge is 0.338 e. The number of nitrogens with zero attached hydrogens (tertiary/aromatic N) is 5. The maximum atomic E-state index is 13.8. The molecule has 0 aliphatic heterocycles. The van der Waals surface area contributed by atoms with Crippen LogP contribution < -0.4 is 0 Å². The van der Waals surface area contributed by atoms with Crippen LogP contribution in [0.4, 0.5) is 4.39 Å². The van der Waals surface area contributed by atoms with Crippen molar-refractivity contribution in [2.45, 2.75) is 0 Å². The predicted octanol–water partition coefficient (Wildman–Crippen LogP) is 4.76. The Bertz CT molecular complexity index is 1550. The van der Waals surface area contributed by atoms with Gasteiger partial charge < -0.3 is 4.98 Å². The van der Waals surface area contributed by atoms with E-state index in [1.165, 1.54) is 18.5 Å². The summed E-state index contributed by atoms with van der Waals surface area (Å²) in [5.74, 6) is -0.278. The van der Waals surface area contributed by atoms with Gasteiger partial charge in [0.2, 0.25) is 0 Å². The number of halogens is 1. The van der Waals surface area contributed by atoms with Crippen LogP contribution in [0, 0.1) is 5.82 Å². The van der Waals surface area contributed by atoms with Crippen molar-refractivity contribution in [3.8, 4) is 33.6 Å². The highest BCUT2D eigenvalue weighted by Gasteiger charge is 2.15. The normalized spacial score (nSPS) is 11.4. The summed E-state index contributed by atoms with van der Waals surface area (Å²) in [7, 11) is 0. The lowest BCUT2D eigenvalue weighted by atomic mass is 10.0. The van der Waals surface area contributed by atoms with Gasteiger partial charge >= 0.3 is 0 Å². The molecule has 1 aromatic carbocycles. The first-order chi connectivity index (χ1) is 15.3. The summed E-state index contributed by atoms with van der Waals surface area (Å²) in [6.07, 6.45) is 8.45. The van der Waals surface area contributed by atoms with E-state index in [0.29, 0.717) is 11.3 Å². The average molecular weight is 407 g/mol. The van der Waals surface area contributed by atoms with Crippen LogP contribution in [0.15, 0.2) is 73.6 Å². The van der Waals surface area contributed by atoms with E-state index in [9.17, 15) is 4.39 Å². The highest BCUT2D eigenvalue weighted by Crippen LogP contribution is 2.34. The average Bonchev–Trinajstić information content (AvgIpc) is 3.43. The molecule has 0 atom stereocenters. The van der Waals surface area contributed by atoms with Gasteiger partial charge in [-0.05, 0) is 41.5 Å². The highest BCUT2D eigenvalue weighted by atomic mass is 19.1. The van der Waals surface area contributed by atoms with Gasteiger partial charge in [0.05, 0.1) is 5.69 Å². The third kappa shape index (κ3) is 2.93. The predicted molar refractivity (Wildman–Crippen MR) is 115 cm³/mol. The molecule has 6 rings (SSSR count). The van der Waals surface area contributed by atoms with Crippen LogP contribution in [-0.4, -0.2) is 35.1 Å². The third-order valence-electron chi connectivity index (χ3n) is 5.23. The second kappa shape index (κ2) is 6.81. The van der Waals surface area contributed by atoms with Crippen LogP contribution in [0.1, 0.15) is 0 Å². The first kappa shape index (κ1) is 17.4. The van der Waals surface area contributed by atoms with E-state index in [2.05, 4.69) is 35.1 Å². The number of pyridine rings is 2. The van der Waals surface area contributed by atoms with Gasteiger partial charge in [-0.25, -0.2) is 24.3 Å². The molecular weight excluding hydrogens is 393 g/mol. The fourth-order valence-corrected chi connectivity index (χ4v) is 3.78.